The van der Waals surface area contributed by atoms with Crippen molar-refractivity contribution in [2.24, 2.45) is 5.73 Å². The van der Waals surface area contributed by atoms with Gasteiger partial charge in [0, 0.05) is 0 Å². The Labute approximate surface area is 185 Å². The average Bonchev–Trinajstić information content (AvgIpc) is 3.07. The Bertz CT molecular complexity index is 971. The van der Waals surface area contributed by atoms with Gasteiger partial charge in [0.15, 0.2) is 0 Å². The number of esters is 2. The molecule has 2 aliphatic rings. The van der Waals surface area contributed by atoms with Gasteiger partial charge in [-0.15, -0.1) is 0 Å². The summed E-state index contributed by atoms with van der Waals surface area (Å²) in [7, 11) is 2.79. The number of hydrogen-bond acceptors (Lipinski definition) is 8. The maximum atomic E-state index is 13.1. The summed E-state index contributed by atoms with van der Waals surface area (Å²) in [5, 5.41) is -0.0885. The first kappa shape index (κ1) is 22.7. The molecule has 1 fully saturated rings. The van der Waals surface area contributed by atoms with Crippen molar-refractivity contribution in [3.63, 3.8) is 0 Å². The van der Waals surface area contributed by atoms with Gasteiger partial charge < -0.3 is 19.9 Å². The van der Waals surface area contributed by atoms with Crippen molar-refractivity contribution in [3.05, 3.63) is 51.8 Å². The van der Waals surface area contributed by atoms with Gasteiger partial charge in [-0.2, -0.15) is 0 Å². The van der Waals surface area contributed by atoms with Gasteiger partial charge in [-0.3, -0.25) is 9.69 Å². The third kappa shape index (κ3) is 4.14. The molecule has 2 N–H and O–H groups in total. The molecule has 2 unspecified atom stereocenters. The second-order valence-corrected chi connectivity index (χ2v) is 8.47. The van der Waals surface area contributed by atoms with Crippen LogP contribution in [0.2, 0.25) is 0 Å². The minimum Gasteiger partial charge on any atom is -0.497 e. The smallest absolute Gasteiger partial charge is 0.338 e. The second kappa shape index (κ2) is 9.47. The number of methoxy groups -OCH3 is 2. The molecule has 0 spiro atoms. The lowest BCUT2D eigenvalue weighted by molar-refractivity contribution is -0.139. The number of thioether (sulfide) groups is 1. The van der Waals surface area contributed by atoms with E-state index in [1.165, 1.54) is 30.9 Å². The molecule has 1 aromatic carbocycles. The number of carbonyl (C=O) groups is 3. The van der Waals surface area contributed by atoms with E-state index in [4.69, 9.17) is 19.9 Å². The summed E-state index contributed by atoms with van der Waals surface area (Å²) in [6, 6.07) is 7.00. The standard InChI is InChI=1S/C22H26N2O6S/c1-5-6-10-30-22(27)16-15(13-8-7-9-14(11-13)28-3)17(21(26)29-4)20-24(18(16)23)19(25)12(2)31-20/h7-9,11-12,15H,5-6,10,23H2,1-4H3. The van der Waals surface area contributed by atoms with Gasteiger partial charge in [0.25, 0.3) is 0 Å². The normalized spacial score (nSPS) is 20.6. The summed E-state index contributed by atoms with van der Waals surface area (Å²) in [5.74, 6) is -1.96. The van der Waals surface area contributed by atoms with Crippen molar-refractivity contribution in [3.8, 4) is 5.75 Å². The lowest BCUT2D eigenvalue weighted by Crippen LogP contribution is -2.40. The van der Waals surface area contributed by atoms with E-state index in [0.717, 1.165) is 6.42 Å². The van der Waals surface area contributed by atoms with Gasteiger partial charge in [-0.05, 0) is 31.0 Å². The van der Waals surface area contributed by atoms with Crippen molar-refractivity contribution >= 4 is 29.6 Å². The number of benzene rings is 1. The summed E-state index contributed by atoms with van der Waals surface area (Å²) >= 11 is 1.21. The van der Waals surface area contributed by atoms with Gasteiger partial charge in [0.2, 0.25) is 5.91 Å². The molecule has 31 heavy (non-hydrogen) atoms. The number of ether oxygens (including phenoxy) is 3. The maximum absolute atomic E-state index is 13.1. The number of nitrogens with two attached hydrogens (primary N) is 1. The van der Waals surface area contributed by atoms with Crippen LogP contribution in [0.5, 0.6) is 5.75 Å². The molecule has 1 aromatic rings. The molecule has 0 saturated carbocycles. The minimum absolute atomic E-state index is 0.0289. The van der Waals surface area contributed by atoms with Crippen molar-refractivity contribution < 1.29 is 28.6 Å². The topological polar surface area (TPSA) is 108 Å². The fraction of sp³-hybridized carbons (Fsp3) is 0.409. The van der Waals surface area contributed by atoms with Crippen LogP contribution in [-0.2, 0) is 23.9 Å². The van der Waals surface area contributed by atoms with Crippen LogP contribution in [0.15, 0.2) is 46.3 Å². The Hall–Kier alpha value is -2.94. The molecule has 0 bridgehead atoms. The van der Waals surface area contributed by atoms with Crippen LogP contribution < -0.4 is 10.5 Å². The fourth-order valence-corrected chi connectivity index (χ4v) is 4.74. The lowest BCUT2D eigenvalue weighted by Gasteiger charge is -2.33. The fourth-order valence-electron chi connectivity index (χ4n) is 3.58. The summed E-state index contributed by atoms with van der Waals surface area (Å²) < 4.78 is 15.8. The summed E-state index contributed by atoms with van der Waals surface area (Å²) in [6.45, 7) is 3.91. The zero-order valence-corrected chi connectivity index (χ0v) is 18.8. The zero-order valence-electron chi connectivity index (χ0n) is 18.0. The van der Waals surface area contributed by atoms with E-state index in [-0.39, 0.29) is 29.5 Å². The minimum atomic E-state index is -0.867. The zero-order chi connectivity index (χ0) is 22.7. The Morgan fingerprint density at radius 1 is 1.19 bits per heavy atom. The number of hydrogen-bond donors (Lipinski definition) is 1. The molecule has 8 nitrogen and oxygen atoms in total. The molecule has 0 aromatic heterocycles. The number of nitrogens with zero attached hydrogens (tertiary/aromatic N) is 1. The van der Waals surface area contributed by atoms with E-state index < -0.39 is 23.1 Å². The van der Waals surface area contributed by atoms with E-state index in [1.54, 1.807) is 31.2 Å². The third-order valence-corrected chi connectivity index (χ3v) is 6.35. The van der Waals surface area contributed by atoms with E-state index in [1.807, 2.05) is 6.92 Å². The van der Waals surface area contributed by atoms with Crippen LogP contribution in [0, 0.1) is 0 Å². The largest absolute Gasteiger partial charge is 0.497 e. The van der Waals surface area contributed by atoms with Gasteiger partial charge >= 0.3 is 11.9 Å². The Balaban J connectivity index is 2.23. The first-order valence-electron chi connectivity index (χ1n) is 9.99. The highest BCUT2D eigenvalue weighted by atomic mass is 32.2. The summed E-state index contributed by atoms with van der Waals surface area (Å²) in [5.41, 5.74) is 7.19. The van der Waals surface area contributed by atoms with Crippen molar-refractivity contribution in [1.82, 2.24) is 4.90 Å². The molecule has 2 heterocycles. The third-order valence-electron chi connectivity index (χ3n) is 5.17. The van der Waals surface area contributed by atoms with E-state index in [0.29, 0.717) is 22.8 Å². The maximum Gasteiger partial charge on any atom is 0.338 e. The summed E-state index contributed by atoms with van der Waals surface area (Å²) in [4.78, 5) is 40.1. The number of carbonyl (C=O) groups excluding carboxylic acids is 3. The summed E-state index contributed by atoms with van der Waals surface area (Å²) in [6.07, 6.45) is 1.53. The average molecular weight is 447 g/mol. The van der Waals surface area contributed by atoms with Gasteiger partial charge in [0.05, 0.1) is 48.2 Å². The van der Waals surface area contributed by atoms with Crippen molar-refractivity contribution in [2.45, 2.75) is 37.9 Å². The predicted molar refractivity (Wildman–Crippen MR) is 116 cm³/mol. The molecule has 1 saturated heterocycles. The van der Waals surface area contributed by atoms with Crippen LogP contribution in [-0.4, -0.2) is 48.8 Å². The van der Waals surface area contributed by atoms with Crippen LogP contribution in [0.1, 0.15) is 38.2 Å². The second-order valence-electron chi connectivity index (χ2n) is 7.14. The first-order valence-corrected chi connectivity index (χ1v) is 10.9. The Kier molecular flexibility index (Phi) is 6.94. The number of amides is 1. The SMILES string of the molecule is CCCCOC(=O)C1=C(N)N2C(=O)C(C)SC2=C(C(=O)OC)C1c1cccc(OC)c1. The predicted octanol–water partition coefficient (Wildman–Crippen LogP) is 2.65. The molecule has 2 atom stereocenters. The number of fused-ring (bicyclic) bond motifs is 1. The highest BCUT2D eigenvalue weighted by Crippen LogP contribution is 2.50. The molecular weight excluding hydrogens is 420 g/mol. The molecule has 1 amide bonds. The molecule has 3 rings (SSSR count). The van der Waals surface area contributed by atoms with Crippen LogP contribution in [0.3, 0.4) is 0 Å². The van der Waals surface area contributed by atoms with Crippen molar-refractivity contribution in [2.75, 3.05) is 20.8 Å². The highest BCUT2D eigenvalue weighted by molar-refractivity contribution is 8.04. The lowest BCUT2D eigenvalue weighted by atomic mass is 9.82. The van der Waals surface area contributed by atoms with Crippen LogP contribution in [0.25, 0.3) is 0 Å². The van der Waals surface area contributed by atoms with E-state index in [2.05, 4.69) is 0 Å². The Morgan fingerprint density at radius 3 is 2.58 bits per heavy atom. The number of unbranched alkanes of at least 4 members (excludes halogenated alkanes) is 1. The van der Waals surface area contributed by atoms with E-state index in [9.17, 15) is 14.4 Å². The van der Waals surface area contributed by atoms with Crippen LogP contribution in [0.4, 0.5) is 0 Å². The quantitative estimate of drug-likeness (QED) is 0.503. The molecule has 2 aliphatic heterocycles. The molecule has 166 valence electrons. The van der Waals surface area contributed by atoms with Crippen LogP contribution >= 0.6 is 11.8 Å². The molecule has 0 radical (unpaired) electrons. The van der Waals surface area contributed by atoms with Gasteiger partial charge in [-0.1, -0.05) is 37.2 Å². The van der Waals surface area contributed by atoms with E-state index >= 15 is 0 Å². The van der Waals surface area contributed by atoms with Gasteiger partial charge in [-0.25, -0.2) is 9.59 Å². The Morgan fingerprint density at radius 2 is 1.94 bits per heavy atom. The molecular formula is C22H26N2O6S. The molecule has 9 heteroatoms. The monoisotopic (exact) mass is 446 g/mol. The highest BCUT2D eigenvalue weighted by Gasteiger charge is 2.49. The van der Waals surface area contributed by atoms with Gasteiger partial charge in [0.1, 0.15) is 11.6 Å². The first-order chi connectivity index (χ1) is 14.8. The number of rotatable bonds is 7. The molecule has 0 aliphatic carbocycles. The van der Waals surface area contributed by atoms with Crippen molar-refractivity contribution in [1.29, 1.82) is 0 Å².